The van der Waals surface area contributed by atoms with E-state index in [1.807, 2.05) is 31.2 Å². The fourth-order valence-electron chi connectivity index (χ4n) is 2.19. The van der Waals surface area contributed by atoms with E-state index in [-0.39, 0.29) is 5.75 Å². The molecule has 0 aliphatic carbocycles. The first-order valence-electron chi connectivity index (χ1n) is 7.24. The van der Waals surface area contributed by atoms with Gasteiger partial charge < -0.3 is 9.84 Å². The lowest BCUT2D eigenvalue weighted by atomic mass is 10.2. The predicted octanol–water partition coefficient (Wildman–Crippen LogP) is 3.18. The van der Waals surface area contributed by atoms with Crippen LogP contribution in [-0.2, 0) is 0 Å². The molecular formula is C17H16N4O2. The van der Waals surface area contributed by atoms with Gasteiger partial charge in [-0.3, -0.25) is 5.43 Å². The molecule has 3 aromatic rings. The van der Waals surface area contributed by atoms with Gasteiger partial charge in [0.1, 0.15) is 0 Å². The Bertz CT molecular complexity index is 844. The van der Waals surface area contributed by atoms with Crippen molar-refractivity contribution in [1.82, 2.24) is 10.2 Å². The van der Waals surface area contributed by atoms with Crippen LogP contribution in [0.25, 0.3) is 10.8 Å². The molecule has 0 aliphatic heterocycles. The highest BCUT2D eigenvalue weighted by atomic mass is 16.5. The summed E-state index contributed by atoms with van der Waals surface area (Å²) in [6.45, 7) is 2.35. The van der Waals surface area contributed by atoms with Crippen LogP contribution in [0.15, 0.2) is 53.8 Å². The van der Waals surface area contributed by atoms with Crippen molar-refractivity contribution in [3.63, 3.8) is 0 Å². The lowest BCUT2D eigenvalue weighted by molar-refractivity contribution is 0.318. The summed E-state index contributed by atoms with van der Waals surface area (Å²) >= 11 is 0. The van der Waals surface area contributed by atoms with Gasteiger partial charge in [-0.15, -0.1) is 5.10 Å². The smallest absolute Gasteiger partial charge is 0.176 e. The van der Waals surface area contributed by atoms with E-state index in [9.17, 15) is 5.11 Å². The lowest BCUT2D eigenvalue weighted by Gasteiger charge is -2.07. The monoisotopic (exact) mass is 308 g/mol. The maximum Gasteiger partial charge on any atom is 0.176 e. The van der Waals surface area contributed by atoms with E-state index in [1.165, 1.54) is 6.21 Å². The Kier molecular flexibility index (Phi) is 4.33. The van der Waals surface area contributed by atoms with E-state index in [4.69, 9.17) is 4.74 Å². The summed E-state index contributed by atoms with van der Waals surface area (Å²) in [6.07, 6.45) is 3.21. The van der Waals surface area contributed by atoms with Gasteiger partial charge >= 0.3 is 0 Å². The van der Waals surface area contributed by atoms with E-state index < -0.39 is 0 Å². The first kappa shape index (κ1) is 14.8. The van der Waals surface area contributed by atoms with Crippen LogP contribution >= 0.6 is 0 Å². The molecular weight excluding hydrogens is 292 g/mol. The van der Waals surface area contributed by atoms with Crippen LogP contribution in [0.3, 0.4) is 0 Å². The largest absolute Gasteiger partial charge is 0.504 e. The fourth-order valence-corrected chi connectivity index (χ4v) is 2.19. The molecule has 0 unspecified atom stereocenters. The van der Waals surface area contributed by atoms with Crippen molar-refractivity contribution in [2.24, 2.45) is 5.10 Å². The first-order valence-corrected chi connectivity index (χ1v) is 7.24. The quantitative estimate of drug-likeness (QED) is 0.559. The van der Waals surface area contributed by atoms with Crippen LogP contribution < -0.4 is 10.2 Å². The Labute approximate surface area is 133 Å². The number of phenols is 1. The number of hydrogen-bond acceptors (Lipinski definition) is 6. The van der Waals surface area contributed by atoms with Gasteiger partial charge in [-0.05, 0) is 19.1 Å². The number of rotatable bonds is 5. The Balaban J connectivity index is 1.82. The van der Waals surface area contributed by atoms with Crippen LogP contribution in [0, 0.1) is 0 Å². The second-order valence-corrected chi connectivity index (χ2v) is 4.78. The summed E-state index contributed by atoms with van der Waals surface area (Å²) in [7, 11) is 0. The molecule has 6 nitrogen and oxygen atoms in total. The average Bonchev–Trinajstić information content (AvgIpc) is 2.58. The molecule has 1 aromatic heterocycles. The van der Waals surface area contributed by atoms with Gasteiger partial charge in [0.15, 0.2) is 17.3 Å². The number of hydrogen-bond donors (Lipinski definition) is 2. The molecule has 0 aliphatic rings. The molecule has 116 valence electrons. The summed E-state index contributed by atoms with van der Waals surface area (Å²) < 4.78 is 5.35. The minimum absolute atomic E-state index is 0.0592. The average molecular weight is 308 g/mol. The Morgan fingerprint density at radius 3 is 2.96 bits per heavy atom. The van der Waals surface area contributed by atoms with Crippen molar-refractivity contribution in [2.75, 3.05) is 12.0 Å². The number of aromatic nitrogens is 2. The van der Waals surface area contributed by atoms with Crippen molar-refractivity contribution < 1.29 is 9.84 Å². The molecule has 1 heterocycles. The number of aromatic hydroxyl groups is 1. The van der Waals surface area contributed by atoms with E-state index in [2.05, 4.69) is 20.7 Å². The number of fused-ring (bicyclic) bond motifs is 1. The van der Waals surface area contributed by atoms with Crippen molar-refractivity contribution >= 4 is 22.8 Å². The SMILES string of the molecule is CCOc1cccc(C=NNc2nncc3ccccc23)c1O. The van der Waals surface area contributed by atoms with Crippen molar-refractivity contribution in [1.29, 1.82) is 0 Å². The van der Waals surface area contributed by atoms with Crippen LogP contribution in [0.5, 0.6) is 11.5 Å². The third-order valence-corrected chi connectivity index (χ3v) is 3.27. The number of ether oxygens (including phenoxy) is 1. The number of benzene rings is 2. The minimum atomic E-state index is 0.0592. The molecule has 3 rings (SSSR count). The van der Waals surface area contributed by atoms with E-state index in [0.717, 1.165) is 10.8 Å². The first-order chi connectivity index (χ1) is 11.3. The minimum Gasteiger partial charge on any atom is -0.504 e. The maximum atomic E-state index is 10.1. The summed E-state index contributed by atoms with van der Waals surface area (Å²) in [6, 6.07) is 13.0. The lowest BCUT2D eigenvalue weighted by Crippen LogP contribution is -1.97. The predicted molar refractivity (Wildman–Crippen MR) is 90.0 cm³/mol. The van der Waals surface area contributed by atoms with E-state index >= 15 is 0 Å². The number of hydrazone groups is 1. The zero-order valence-corrected chi connectivity index (χ0v) is 12.6. The molecule has 0 saturated heterocycles. The van der Waals surface area contributed by atoms with Crippen LogP contribution in [0.1, 0.15) is 12.5 Å². The van der Waals surface area contributed by atoms with Gasteiger partial charge in [0, 0.05) is 16.3 Å². The van der Waals surface area contributed by atoms with Crippen LogP contribution in [0.4, 0.5) is 5.82 Å². The summed E-state index contributed by atoms with van der Waals surface area (Å²) in [5, 5.41) is 24.1. The van der Waals surface area contributed by atoms with Gasteiger partial charge in [-0.2, -0.15) is 10.2 Å². The highest BCUT2D eigenvalue weighted by molar-refractivity contribution is 5.91. The van der Waals surface area contributed by atoms with E-state index in [1.54, 1.807) is 24.4 Å². The Morgan fingerprint density at radius 2 is 2.09 bits per heavy atom. The molecule has 0 bridgehead atoms. The second kappa shape index (κ2) is 6.74. The Hall–Kier alpha value is -3.15. The third-order valence-electron chi connectivity index (χ3n) is 3.27. The molecule has 6 heteroatoms. The van der Waals surface area contributed by atoms with Gasteiger partial charge in [-0.1, -0.05) is 30.3 Å². The van der Waals surface area contributed by atoms with Crippen LogP contribution in [-0.4, -0.2) is 28.1 Å². The van der Waals surface area contributed by atoms with Crippen molar-refractivity contribution in [2.45, 2.75) is 6.92 Å². The van der Waals surface area contributed by atoms with Gasteiger partial charge in [0.2, 0.25) is 0 Å². The number of nitrogens with zero attached hydrogens (tertiary/aromatic N) is 3. The summed E-state index contributed by atoms with van der Waals surface area (Å²) in [4.78, 5) is 0. The molecule has 0 saturated carbocycles. The third kappa shape index (κ3) is 3.21. The normalized spacial score (nSPS) is 11.0. The number of anilines is 1. The fraction of sp³-hybridized carbons (Fsp3) is 0.118. The molecule has 23 heavy (non-hydrogen) atoms. The topological polar surface area (TPSA) is 79.6 Å². The Morgan fingerprint density at radius 1 is 1.22 bits per heavy atom. The van der Waals surface area contributed by atoms with Gasteiger partial charge in [0.05, 0.1) is 19.0 Å². The number of para-hydroxylation sites is 1. The van der Waals surface area contributed by atoms with Gasteiger partial charge in [0.25, 0.3) is 0 Å². The second-order valence-electron chi connectivity index (χ2n) is 4.78. The molecule has 0 fully saturated rings. The van der Waals surface area contributed by atoms with E-state index in [0.29, 0.717) is 23.7 Å². The highest BCUT2D eigenvalue weighted by Crippen LogP contribution is 2.28. The number of phenolic OH excluding ortho intramolecular Hbond substituents is 1. The van der Waals surface area contributed by atoms with Crippen molar-refractivity contribution in [3.8, 4) is 11.5 Å². The number of nitrogens with one attached hydrogen (secondary N) is 1. The zero-order valence-electron chi connectivity index (χ0n) is 12.6. The van der Waals surface area contributed by atoms with Crippen molar-refractivity contribution in [3.05, 3.63) is 54.2 Å². The van der Waals surface area contributed by atoms with Crippen LogP contribution in [0.2, 0.25) is 0 Å². The standard InChI is InChI=1S/C17H16N4O2/c1-2-23-15-9-5-7-13(16(15)22)11-19-21-17-14-8-4-3-6-12(14)10-18-20-17/h3-11,22H,2H2,1H3,(H,20,21). The molecule has 0 radical (unpaired) electrons. The molecule has 0 spiro atoms. The molecule has 0 amide bonds. The highest BCUT2D eigenvalue weighted by Gasteiger charge is 2.06. The molecule has 2 N–H and O–H groups in total. The summed E-state index contributed by atoms with van der Waals surface area (Å²) in [5.41, 5.74) is 3.41. The summed E-state index contributed by atoms with van der Waals surface area (Å²) in [5.74, 6) is 1.05. The maximum absolute atomic E-state index is 10.1. The zero-order chi connectivity index (χ0) is 16.1. The molecule has 2 aromatic carbocycles. The van der Waals surface area contributed by atoms with Gasteiger partial charge in [-0.25, -0.2) is 0 Å². The molecule has 0 atom stereocenters.